The smallest absolute Gasteiger partial charge is 0.377 e. The van der Waals surface area contributed by atoms with Crippen LogP contribution in [0.1, 0.15) is 16.2 Å². The van der Waals surface area contributed by atoms with Gasteiger partial charge in [-0.25, -0.2) is 9.78 Å². The fourth-order valence-electron chi connectivity index (χ4n) is 1.60. The van der Waals surface area contributed by atoms with Crippen molar-refractivity contribution in [2.24, 2.45) is 0 Å². The van der Waals surface area contributed by atoms with E-state index in [9.17, 15) is 9.59 Å². The average molecular weight is 265 g/mol. The van der Waals surface area contributed by atoms with Crippen molar-refractivity contribution in [1.82, 2.24) is 9.55 Å². The number of nitrogens with zero attached hydrogens (tertiary/aromatic N) is 2. The summed E-state index contributed by atoms with van der Waals surface area (Å²) in [6, 6.07) is 4.36. The van der Waals surface area contributed by atoms with Gasteiger partial charge in [-0.05, 0) is 25.1 Å². The number of carbonyl (C=O) groups excluding carboxylic acids is 1. The van der Waals surface area contributed by atoms with Gasteiger partial charge in [0.15, 0.2) is 0 Å². The maximum Gasteiger partial charge on any atom is 0.377 e. The molecule has 18 heavy (non-hydrogen) atoms. The first-order valence-electron chi connectivity index (χ1n) is 5.08. The molecule has 92 valence electrons. The second-order valence-corrected chi connectivity index (χ2v) is 4.05. The number of rotatable bonds is 3. The fourth-order valence-corrected chi connectivity index (χ4v) is 1.87. The van der Waals surface area contributed by atoms with Gasteiger partial charge in [-0.1, -0.05) is 11.6 Å². The lowest BCUT2D eigenvalue weighted by molar-refractivity contribution is -0.131. The summed E-state index contributed by atoms with van der Waals surface area (Å²) >= 11 is 6.05. The molecule has 2 aromatic rings. The molecule has 6 heteroatoms. The van der Waals surface area contributed by atoms with E-state index < -0.39 is 11.8 Å². The van der Waals surface area contributed by atoms with Gasteiger partial charge in [0.05, 0.1) is 10.7 Å². The molecular weight excluding hydrogens is 256 g/mol. The Morgan fingerprint density at radius 3 is 2.61 bits per heavy atom. The van der Waals surface area contributed by atoms with E-state index in [1.54, 1.807) is 23.0 Å². The van der Waals surface area contributed by atoms with E-state index >= 15 is 0 Å². The molecule has 2 rings (SSSR count). The van der Waals surface area contributed by atoms with Crippen molar-refractivity contribution < 1.29 is 14.7 Å². The number of hydrogen-bond donors (Lipinski definition) is 1. The lowest BCUT2D eigenvalue weighted by Gasteiger charge is -2.08. The van der Waals surface area contributed by atoms with Gasteiger partial charge >= 0.3 is 5.97 Å². The second kappa shape index (κ2) is 4.62. The minimum atomic E-state index is -1.50. The summed E-state index contributed by atoms with van der Waals surface area (Å²) in [7, 11) is 0. The fraction of sp³-hybridized carbons (Fsp3) is 0.0833. The third kappa shape index (κ3) is 2.12. The number of aliphatic carboxylic acids is 1. The molecule has 0 amide bonds. The highest BCUT2D eigenvalue weighted by Crippen LogP contribution is 2.23. The SMILES string of the molecule is Cc1nccn1-c1ccc(C(=O)C(=O)O)cc1Cl. The summed E-state index contributed by atoms with van der Waals surface area (Å²) in [6.45, 7) is 1.81. The standard InChI is InChI=1S/C12H9ClN2O3/c1-7-14-4-5-15(7)10-3-2-8(6-9(10)13)11(16)12(17)18/h2-6H,1H3,(H,17,18). The normalized spacial score (nSPS) is 10.3. The van der Waals surface area contributed by atoms with Gasteiger partial charge in [0.1, 0.15) is 5.82 Å². The Hall–Kier alpha value is -2.14. The van der Waals surface area contributed by atoms with Crippen molar-refractivity contribution in [3.8, 4) is 5.69 Å². The highest BCUT2D eigenvalue weighted by molar-refractivity contribution is 6.41. The third-order valence-electron chi connectivity index (χ3n) is 2.49. The molecular formula is C12H9ClN2O3. The number of carboxylic acids is 1. The molecule has 5 nitrogen and oxygen atoms in total. The van der Waals surface area contributed by atoms with Crippen molar-refractivity contribution in [3.63, 3.8) is 0 Å². The molecule has 1 aromatic heterocycles. The van der Waals surface area contributed by atoms with E-state index in [2.05, 4.69) is 4.98 Å². The van der Waals surface area contributed by atoms with Crippen LogP contribution in [0.3, 0.4) is 0 Å². The van der Waals surface area contributed by atoms with Crippen molar-refractivity contribution in [1.29, 1.82) is 0 Å². The quantitative estimate of drug-likeness (QED) is 0.681. The monoisotopic (exact) mass is 264 g/mol. The van der Waals surface area contributed by atoms with Crippen molar-refractivity contribution in [2.75, 3.05) is 0 Å². The molecule has 1 N–H and O–H groups in total. The van der Waals surface area contributed by atoms with Gasteiger partial charge in [-0.3, -0.25) is 4.79 Å². The Kier molecular flexibility index (Phi) is 3.16. The zero-order valence-corrected chi connectivity index (χ0v) is 10.2. The zero-order valence-electron chi connectivity index (χ0n) is 9.42. The molecule has 0 aliphatic rings. The van der Waals surface area contributed by atoms with Gasteiger partial charge in [0.2, 0.25) is 0 Å². The number of ketones is 1. The molecule has 0 saturated heterocycles. The van der Waals surface area contributed by atoms with E-state index in [1.165, 1.54) is 12.1 Å². The van der Waals surface area contributed by atoms with Crippen molar-refractivity contribution in [2.45, 2.75) is 6.92 Å². The lowest BCUT2D eigenvalue weighted by atomic mass is 10.1. The Bertz CT molecular complexity index is 634. The Labute approximate surface area is 108 Å². The minimum Gasteiger partial charge on any atom is -0.475 e. The zero-order chi connectivity index (χ0) is 13.3. The molecule has 0 spiro atoms. The van der Waals surface area contributed by atoms with Crippen LogP contribution in [0, 0.1) is 6.92 Å². The van der Waals surface area contributed by atoms with Crippen molar-refractivity contribution in [3.05, 3.63) is 47.0 Å². The maximum absolute atomic E-state index is 11.3. The number of benzene rings is 1. The first kappa shape index (κ1) is 12.3. The first-order chi connectivity index (χ1) is 8.50. The van der Waals surface area contributed by atoms with Crippen LogP contribution in [0.4, 0.5) is 0 Å². The van der Waals surface area contributed by atoms with Gasteiger partial charge in [-0.2, -0.15) is 0 Å². The van der Waals surface area contributed by atoms with Crippen LogP contribution in [0.2, 0.25) is 5.02 Å². The Morgan fingerprint density at radius 1 is 1.39 bits per heavy atom. The summed E-state index contributed by atoms with van der Waals surface area (Å²) in [5, 5.41) is 8.91. The van der Waals surface area contributed by atoms with Crippen LogP contribution in [0.25, 0.3) is 5.69 Å². The number of carboxylic acid groups (broad SMARTS) is 1. The average Bonchev–Trinajstić information content (AvgIpc) is 2.74. The molecule has 0 unspecified atom stereocenters. The van der Waals surface area contributed by atoms with E-state index in [0.29, 0.717) is 10.7 Å². The van der Waals surface area contributed by atoms with Crippen LogP contribution in [-0.4, -0.2) is 26.4 Å². The molecule has 0 saturated carbocycles. The summed E-state index contributed by atoms with van der Waals surface area (Å²) in [4.78, 5) is 25.9. The maximum atomic E-state index is 11.3. The number of aryl methyl sites for hydroxylation is 1. The Morgan fingerprint density at radius 2 is 2.11 bits per heavy atom. The molecule has 0 radical (unpaired) electrons. The van der Waals surface area contributed by atoms with Crippen LogP contribution < -0.4 is 0 Å². The predicted octanol–water partition coefficient (Wildman–Crippen LogP) is 2.10. The highest BCUT2D eigenvalue weighted by Gasteiger charge is 2.16. The van der Waals surface area contributed by atoms with Crippen LogP contribution in [0.5, 0.6) is 0 Å². The molecule has 0 fully saturated rings. The minimum absolute atomic E-state index is 0.0500. The molecule has 0 bridgehead atoms. The number of imidazole rings is 1. The number of carbonyl (C=O) groups is 2. The second-order valence-electron chi connectivity index (χ2n) is 3.64. The van der Waals surface area contributed by atoms with Crippen LogP contribution in [-0.2, 0) is 4.79 Å². The highest BCUT2D eigenvalue weighted by atomic mass is 35.5. The first-order valence-corrected chi connectivity index (χ1v) is 5.46. The van der Waals surface area contributed by atoms with E-state index in [4.69, 9.17) is 16.7 Å². The number of Topliss-reactive ketones (excluding diaryl/α,β-unsaturated/α-hetero) is 1. The van der Waals surface area contributed by atoms with Crippen LogP contribution in [0.15, 0.2) is 30.6 Å². The number of halogens is 1. The summed E-state index contributed by atoms with van der Waals surface area (Å²) in [5.41, 5.74) is 0.697. The van der Waals surface area contributed by atoms with E-state index in [-0.39, 0.29) is 5.56 Å². The summed E-state index contributed by atoms with van der Waals surface area (Å²) in [5.74, 6) is -1.74. The van der Waals surface area contributed by atoms with Gasteiger partial charge in [0.25, 0.3) is 5.78 Å². The molecule has 1 aromatic carbocycles. The van der Waals surface area contributed by atoms with Gasteiger partial charge in [-0.15, -0.1) is 0 Å². The van der Waals surface area contributed by atoms with Crippen LogP contribution >= 0.6 is 11.6 Å². The van der Waals surface area contributed by atoms with Gasteiger partial charge in [0, 0.05) is 18.0 Å². The lowest BCUT2D eigenvalue weighted by Crippen LogP contribution is -2.12. The molecule has 0 atom stereocenters. The van der Waals surface area contributed by atoms with Gasteiger partial charge < -0.3 is 9.67 Å². The molecule has 0 aliphatic carbocycles. The molecule has 1 heterocycles. The van der Waals surface area contributed by atoms with E-state index in [1.807, 2.05) is 6.92 Å². The summed E-state index contributed by atoms with van der Waals surface area (Å²) in [6.07, 6.45) is 3.36. The van der Waals surface area contributed by atoms with E-state index in [0.717, 1.165) is 5.82 Å². The predicted molar refractivity (Wildman–Crippen MR) is 65.3 cm³/mol. The molecule has 0 aliphatic heterocycles. The third-order valence-corrected chi connectivity index (χ3v) is 2.79. The number of aromatic nitrogens is 2. The topological polar surface area (TPSA) is 72.2 Å². The van der Waals surface area contributed by atoms with Crippen molar-refractivity contribution >= 4 is 23.4 Å². The largest absolute Gasteiger partial charge is 0.475 e. The number of hydrogen-bond acceptors (Lipinski definition) is 3. The Balaban J connectivity index is 2.46. The summed E-state index contributed by atoms with van der Waals surface area (Å²) < 4.78 is 1.75.